The summed E-state index contributed by atoms with van der Waals surface area (Å²) in [6.45, 7) is 3.80. The van der Waals surface area contributed by atoms with Gasteiger partial charge in [0, 0.05) is 23.1 Å². The van der Waals surface area contributed by atoms with Gasteiger partial charge in [-0.05, 0) is 37.5 Å². The summed E-state index contributed by atoms with van der Waals surface area (Å²) < 4.78 is 6.44. The number of likely N-dealkylation sites (tertiary alicyclic amines) is 1. The van der Waals surface area contributed by atoms with Crippen molar-refractivity contribution in [3.63, 3.8) is 0 Å². The Morgan fingerprint density at radius 2 is 2.15 bits per heavy atom. The van der Waals surface area contributed by atoms with Crippen LogP contribution >= 0.6 is 15.9 Å². The van der Waals surface area contributed by atoms with Gasteiger partial charge in [0.15, 0.2) is 0 Å². The van der Waals surface area contributed by atoms with Crippen LogP contribution in [0.1, 0.15) is 28.8 Å². The zero-order valence-electron chi connectivity index (χ0n) is 11.6. The van der Waals surface area contributed by atoms with Crippen molar-refractivity contribution in [3.05, 3.63) is 33.8 Å². The molecular formula is C15H20BrNO3. The summed E-state index contributed by atoms with van der Waals surface area (Å²) in [4.78, 5) is 14.4. The maximum Gasteiger partial charge on any atom is 0.254 e. The predicted octanol–water partition coefficient (Wildman–Crippen LogP) is 2.37. The standard InChI is InChI=1S/C15H20BrNO3/c1-11-2-3-12(16)10-14(11)15(19)17-6-4-13(5-7-17)20-9-8-18/h2-3,10,13,18H,4-9H2,1H3. The average Bonchev–Trinajstić information content (AvgIpc) is 2.47. The molecule has 0 spiro atoms. The minimum atomic E-state index is 0.0520. The number of carbonyl (C=O) groups excluding carboxylic acids is 1. The lowest BCUT2D eigenvalue weighted by atomic mass is 10.0. The topological polar surface area (TPSA) is 49.8 Å². The SMILES string of the molecule is Cc1ccc(Br)cc1C(=O)N1CCC(OCCO)CC1. The Labute approximate surface area is 127 Å². The largest absolute Gasteiger partial charge is 0.394 e. The molecule has 4 nitrogen and oxygen atoms in total. The Morgan fingerprint density at radius 1 is 1.45 bits per heavy atom. The molecule has 1 amide bonds. The molecular weight excluding hydrogens is 322 g/mol. The van der Waals surface area contributed by atoms with Crippen LogP contribution in [0.25, 0.3) is 0 Å². The molecule has 0 atom stereocenters. The van der Waals surface area contributed by atoms with Crippen molar-refractivity contribution in [2.24, 2.45) is 0 Å². The van der Waals surface area contributed by atoms with Crippen LogP contribution in [0.3, 0.4) is 0 Å². The average molecular weight is 342 g/mol. The summed E-state index contributed by atoms with van der Waals surface area (Å²) in [5, 5.41) is 8.75. The van der Waals surface area contributed by atoms with E-state index < -0.39 is 0 Å². The number of hydrogen-bond donors (Lipinski definition) is 1. The first-order valence-electron chi connectivity index (χ1n) is 6.89. The number of amides is 1. The van der Waals surface area contributed by atoms with E-state index in [1.807, 2.05) is 30.0 Å². The Morgan fingerprint density at radius 3 is 2.80 bits per heavy atom. The number of ether oxygens (including phenoxy) is 1. The van der Waals surface area contributed by atoms with E-state index in [9.17, 15) is 4.79 Å². The summed E-state index contributed by atoms with van der Waals surface area (Å²) in [6.07, 6.45) is 1.83. The first-order chi connectivity index (χ1) is 9.61. The molecule has 1 saturated heterocycles. The van der Waals surface area contributed by atoms with E-state index in [-0.39, 0.29) is 18.6 Å². The summed E-state index contributed by atoms with van der Waals surface area (Å²) >= 11 is 3.41. The van der Waals surface area contributed by atoms with Crippen molar-refractivity contribution < 1.29 is 14.6 Å². The molecule has 1 fully saturated rings. The molecule has 20 heavy (non-hydrogen) atoms. The molecule has 1 aromatic carbocycles. The normalized spacial score (nSPS) is 16.4. The van der Waals surface area contributed by atoms with E-state index in [0.717, 1.165) is 28.4 Å². The third-order valence-corrected chi connectivity index (χ3v) is 4.10. The monoisotopic (exact) mass is 341 g/mol. The fourth-order valence-corrected chi connectivity index (χ4v) is 2.80. The summed E-state index contributed by atoms with van der Waals surface area (Å²) in [5.74, 6) is 0.0874. The van der Waals surface area contributed by atoms with Crippen molar-refractivity contribution in [3.8, 4) is 0 Å². The summed E-state index contributed by atoms with van der Waals surface area (Å²) in [6, 6.07) is 5.78. The highest BCUT2D eigenvalue weighted by Crippen LogP contribution is 2.21. The molecule has 110 valence electrons. The molecule has 1 aromatic rings. The highest BCUT2D eigenvalue weighted by atomic mass is 79.9. The first kappa shape index (κ1) is 15.5. The minimum absolute atomic E-state index is 0.0520. The third kappa shape index (κ3) is 3.81. The molecule has 0 radical (unpaired) electrons. The molecule has 0 unspecified atom stereocenters. The second-order valence-electron chi connectivity index (χ2n) is 5.05. The van der Waals surface area contributed by atoms with Gasteiger partial charge in [0.1, 0.15) is 0 Å². The second-order valence-corrected chi connectivity index (χ2v) is 5.96. The molecule has 0 bridgehead atoms. The van der Waals surface area contributed by atoms with Crippen molar-refractivity contribution in [1.82, 2.24) is 4.90 Å². The summed E-state index contributed by atoms with van der Waals surface area (Å²) in [5.41, 5.74) is 1.76. The predicted molar refractivity (Wildman–Crippen MR) is 80.8 cm³/mol. The number of nitrogens with zero attached hydrogens (tertiary/aromatic N) is 1. The van der Waals surface area contributed by atoms with Gasteiger partial charge in [-0.3, -0.25) is 4.79 Å². The number of piperidine rings is 1. The number of hydrogen-bond acceptors (Lipinski definition) is 3. The minimum Gasteiger partial charge on any atom is -0.394 e. The molecule has 1 N–H and O–H groups in total. The first-order valence-corrected chi connectivity index (χ1v) is 7.69. The molecule has 1 aliphatic rings. The fourth-order valence-electron chi connectivity index (χ4n) is 2.44. The zero-order valence-corrected chi connectivity index (χ0v) is 13.2. The van der Waals surface area contributed by atoms with Gasteiger partial charge in [-0.2, -0.15) is 0 Å². The van der Waals surface area contributed by atoms with Crippen molar-refractivity contribution in [2.45, 2.75) is 25.9 Å². The van der Waals surface area contributed by atoms with Crippen LogP contribution in [0.2, 0.25) is 0 Å². The van der Waals surface area contributed by atoms with Crippen LogP contribution < -0.4 is 0 Å². The number of halogens is 1. The molecule has 5 heteroatoms. The molecule has 0 aromatic heterocycles. The number of aliphatic hydroxyl groups is 1. The van der Waals surface area contributed by atoms with Gasteiger partial charge in [-0.1, -0.05) is 22.0 Å². The smallest absolute Gasteiger partial charge is 0.254 e. The maximum absolute atomic E-state index is 12.5. The highest BCUT2D eigenvalue weighted by Gasteiger charge is 2.24. The van der Waals surface area contributed by atoms with E-state index >= 15 is 0 Å². The Hall–Kier alpha value is -0.910. The highest BCUT2D eigenvalue weighted by molar-refractivity contribution is 9.10. The van der Waals surface area contributed by atoms with Crippen LogP contribution in [0, 0.1) is 6.92 Å². The Bertz CT molecular complexity index is 470. The van der Waals surface area contributed by atoms with E-state index in [1.54, 1.807) is 0 Å². The van der Waals surface area contributed by atoms with Crippen LogP contribution in [0.5, 0.6) is 0 Å². The van der Waals surface area contributed by atoms with Crippen molar-refractivity contribution in [1.29, 1.82) is 0 Å². The van der Waals surface area contributed by atoms with Crippen molar-refractivity contribution in [2.75, 3.05) is 26.3 Å². The summed E-state index contributed by atoms with van der Waals surface area (Å²) in [7, 11) is 0. The van der Waals surface area contributed by atoms with Crippen molar-refractivity contribution >= 4 is 21.8 Å². The zero-order chi connectivity index (χ0) is 14.5. The number of carbonyl (C=O) groups is 1. The van der Waals surface area contributed by atoms with Gasteiger partial charge in [0.05, 0.1) is 19.3 Å². The van der Waals surface area contributed by atoms with Gasteiger partial charge in [-0.25, -0.2) is 0 Å². The third-order valence-electron chi connectivity index (χ3n) is 3.60. The number of benzene rings is 1. The maximum atomic E-state index is 12.5. The molecule has 2 rings (SSSR count). The molecule has 1 heterocycles. The van der Waals surface area contributed by atoms with Gasteiger partial charge in [-0.15, -0.1) is 0 Å². The number of rotatable bonds is 4. The Kier molecular flexibility index (Phi) is 5.57. The van der Waals surface area contributed by atoms with E-state index in [0.29, 0.717) is 19.7 Å². The lowest BCUT2D eigenvalue weighted by Crippen LogP contribution is -2.41. The molecule has 0 aliphatic carbocycles. The van der Waals surface area contributed by atoms with E-state index in [2.05, 4.69) is 15.9 Å². The fraction of sp³-hybridized carbons (Fsp3) is 0.533. The van der Waals surface area contributed by atoms with E-state index in [1.165, 1.54) is 0 Å². The van der Waals surface area contributed by atoms with Gasteiger partial charge in [0.25, 0.3) is 5.91 Å². The quantitative estimate of drug-likeness (QED) is 0.914. The van der Waals surface area contributed by atoms with Gasteiger partial charge in [0.2, 0.25) is 0 Å². The van der Waals surface area contributed by atoms with E-state index in [4.69, 9.17) is 9.84 Å². The van der Waals surface area contributed by atoms with Crippen LogP contribution in [0.4, 0.5) is 0 Å². The number of aliphatic hydroxyl groups excluding tert-OH is 1. The second kappa shape index (κ2) is 7.20. The lowest BCUT2D eigenvalue weighted by molar-refractivity contribution is -0.00555. The van der Waals surface area contributed by atoms with Crippen LogP contribution in [0.15, 0.2) is 22.7 Å². The molecule has 0 saturated carbocycles. The Balaban J connectivity index is 1.96. The van der Waals surface area contributed by atoms with Crippen LogP contribution in [-0.4, -0.2) is 48.3 Å². The molecule has 1 aliphatic heterocycles. The lowest BCUT2D eigenvalue weighted by Gasteiger charge is -2.32. The van der Waals surface area contributed by atoms with Crippen LogP contribution in [-0.2, 0) is 4.74 Å². The van der Waals surface area contributed by atoms with Gasteiger partial charge < -0.3 is 14.7 Å². The number of aryl methyl sites for hydroxylation is 1. The van der Waals surface area contributed by atoms with Gasteiger partial charge >= 0.3 is 0 Å².